The van der Waals surface area contributed by atoms with Crippen LogP contribution in [0.25, 0.3) is 11.0 Å². The van der Waals surface area contributed by atoms with Gasteiger partial charge in [0.1, 0.15) is 16.9 Å². The first-order chi connectivity index (χ1) is 11.3. The summed E-state index contributed by atoms with van der Waals surface area (Å²) in [7, 11) is 0. The largest absolute Gasteiger partial charge is 0.371 e. The molecule has 1 fully saturated rings. The van der Waals surface area contributed by atoms with Crippen LogP contribution in [0.5, 0.6) is 0 Å². The molecule has 1 aliphatic heterocycles. The third kappa shape index (κ3) is 3.09. The molecule has 0 aliphatic carbocycles. The molecule has 6 heteroatoms. The summed E-state index contributed by atoms with van der Waals surface area (Å²) < 4.78 is 24.0. The van der Waals surface area contributed by atoms with Crippen molar-refractivity contribution in [3.8, 4) is 0 Å². The minimum absolute atomic E-state index is 0.159. The molecule has 0 radical (unpaired) electrons. The first kappa shape index (κ1) is 14.3. The molecule has 2 aromatic carbocycles. The maximum Gasteiger partial charge on any atom is 0.135 e. The van der Waals surface area contributed by atoms with Crippen LogP contribution >= 0.6 is 0 Å². The summed E-state index contributed by atoms with van der Waals surface area (Å²) in [6, 6.07) is 12.6. The SMILES string of the molecule is Fc1ccccc1COC1CN(Cc2ccc3nonc3c2)C1. The molecule has 5 nitrogen and oxygen atoms in total. The third-order valence-corrected chi connectivity index (χ3v) is 4.08. The molecule has 0 spiro atoms. The lowest BCUT2D eigenvalue weighted by atomic mass is 10.1. The molecule has 3 aromatic rings. The van der Waals surface area contributed by atoms with Crippen LogP contribution in [-0.2, 0) is 17.9 Å². The van der Waals surface area contributed by atoms with Crippen LogP contribution in [0.15, 0.2) is 47.1 Å². The Morgan fingerprint density at radius 1 is 1.13 bits per heavy atom. The van der Waals surface area contributed by atoms with Crippen molar-refractivity contribution in [1.82, 2.24) is 15.2 Å². The molecule has 1 aromatic heterocycles. The summed E-state index contributed by atoms with van der Waals surface area (Å²) in [6.07, 6.45) is 0.159. The molecule has 118 valence electrons. The van der Waals surface area contributed by atoms with E-state index in [1.54, 1.807) is 12.1 Å². The van der Waals surface area contributed by atoms with Crippen molar-refractivity contribution in [2.75, 3.05) is 13.1 Å². The minimum Gasteiger partial charge on any atom is -0.371 e. The van der Waals surface area contributed by atoms with Gasteiger partial charge in [-0.25, -0.2) is 9.02 Å². The zero-order valence-electron chi connectivity index (χ0n) is 12.5. The van der Waals surface area contributed by atoms with Crippen molar-refractivity contribution < 1.29 is 13.8 Å². The summed E-state index contributed by atoms with van der Waals surface area (Å²) in [6.45, 7) is 2.86. The number of hydrogen-bond acceptors (Lipinski definition) is 5. The Labute approximate surface area is 132 Å². The number of ether oxygens (including phenoxy) is 1. The van der Waals surface area contributed by atoms with E-state index in [-0.39, 0.29) is 11.9 Å². The Morgan fingerprint density at radius 2 is 1.96 bits per heavy atom. The van der Waals surface area contributed by atoms with E-state index in [0.29, 0.717) is 12.2 Å². The predicted molar refractivity (Wildman–Crippen MR) is 82.1 cm³/mol. The standard InChI is InChI=1S/C17H16FN3O2/c18-15-4-2-1-3-13(15)11-22-14-9-21(10-14)8-12-5-6-16-17(7-12)20-23-19-16/h1-7,14H,8-11H2. The summed E-state index contributed by atoms with van der Waals surface area (Å²) in [5, 5.41) is 7.65. The Morgan fingerprint density at radius 3 is 2.83 bits per heavy atom. The van der Waals surface area contributed by atoms with Crippen LogP contribution in [0.2, 0.25) is 0 Å². The minimum atomic E-state index is -0.210. The van der Waals surface area contributed by atoms with Crippen LogP contribution in [0.3, 0.4) is 0 Å². The maximum absolute atomic E-state index is 13.5. The van der Waals surface area contributed by atoms with Crippen molar-refractivity contribution in [2.45, 2.75) is 19.3 Å². The fourth-order valence-corrected chi connectivity index (χ4v) is 2.76. The van der Waals surface area contributed by atoms with Gasteiger partial charge in [-0.1, -0.05) is 24.3 Å². The highest BCUT2D eigenvalue weighted by atomic mass is 19.1. The number of rotatable bonds is 5. The van der Waals surface area contributed by atoms with Gasteiger partial charge in [0, 0.05) is 25.2 Å². The van der Waals surface area contributed by atoms with E-state index in [2.05, 4.69) is 15.2 Å². The van der Waals surface area contributed by atoms with Crippen LogP contribution in [-0.4, -0.2) is 34.4 Å². The van der Waals surface area contributed by atoms with E-state index >= 15 is 0 Å². The first-order valence-electron chi connectivity index (χ1n) is 7.56. The number of benzene rings is 2. The van der Waals surface area contributed by atoms with Gasteiger partial charge < -0.3 is 4.74 Å². The van der Waals surface area contributed by atoms with Gasteiger partial charge in [0.2, 0.25) is 0 Å². The average molecular weight is 313 g/mol. The van der Waals surface area contributed by atoms with Gasteiger partial charge in [0.25, 0.3) is 0 Å². The van der Waals surface area contributed by atoms with Gasteiger partial charge >= 0.3 is 0 Å². The molecule has 1 saturated heterocycles. The highest BCUT2D eigenvalue weighted by Gasteiger charge is 2.27. The first-order valence-corrected chi connectivity index (χ1v) is 7.56. The molecule has 0 N–H and O–H groups in total. The Kier molecular flexibility index (Phi) is 3.77. The molecule has 0 amide bonds. The molecule has 2 heterocycles. The van der Waals surface area contributed by atoms with Crippen molar-refractivity contribution in [3.05, 3.63) is 59.4 Å². The lowest BCUT2D eigenvalue weighted by Crippen LogP contribution is -2.51. The molecule has 0 atom stereocenters. The smallest absolute Gasteiger partial charge is 0.135 e. The lowest BCUT2D eigenvalue weighted by Gasteiger charge is -2.39. The second kappa shape index (κ2) is 6.06. The van der Waals surface area contributed by atoms with E-state index in [0.717, 1.165) is 30.7 Å². The van der Waals surface area contributed by atoms with Gasteiger partial charge in [-0.2, -0.15) is 0 Å². The van der Waals surface area contributed by atoms with Crippen LogP contribution in [0.4, 0.5) is 4.39 Å². The van der Waals surface area contributed by atoms with Crippen LogP contribution < -0.4 is 0 Å². The number of hydrogen-bond donors (Lipinski definition) is 0. The number of fused-ring (bicyclic) bond motifs is 1. The van der Waals surface area contributed by atoms with Crippen molar-refractivity contribution in [1.29, 1.82) is 0 Å². The predicted octanol–water partition coefficient (Wildman–Crippen LogP) is 2.76. The summed E-state index contributed by atoms with van der Waals surface area (Å²) in [4.78, 5) is 2.28. The van der Waals surface area contributed by atoms with E-state index in [1.807, 2.05) is 24.3 Å². The highest BCUT2D eigenvalue weighted by molar-refractivity contribution is 5.73. The zero-order chi connectivity index (χ0) is 15.6. The Hall–Kier alpha value is -2.31. The fourth-order valence-electron chi connectivity index (χ4n) is 2.76. The fraction of sp³-hybridized carbons (Fsp3) is 0.294. The van der Waals surface area contributed by atoms with E-state index in [4.69, 9.17) is 9.37 Å². The van der Waals surface area contributed by atoms with Gasteiger partial charge in [-0.05, 0) is 34.1 Å². The van der Waals surface area contributed by atoms with Crippen molar-refractivity contribution in [3.63, 3.8) is 0 Å². The number of aromatic nitrogens is 2. The van der Waals surface area contributed by atoms with E-state index in [9.17, 15) is 4.39 Å². The molecule has 23 heavy (non-hydrogen) atoms. The third-order valence-electron chi connectivity index (χ3n) is 4.08. The molecular formula is C17H16FN3O2. The topological polar surface area (TPSA) is 51.4 Å². The van der Waals surface area contributed by atoms with Crippen LogP contribution in [0.1, 0.15) is 11.1 Å². The normalized spacial score (nSPS) is 15.9. The van der Waals surface area contributed by atoms with Gasteiger partial charge in [0.05, 0.1) is 12.7 Å². The Balaban J connectivity index is 1.27. The molecule has 1 aliphatic rings. The lowest BCUT2D eigenvalue weighted by molar-refractivity contribution is -0.0665. The molecule has 0 bridgehead atoms. The number of likely N-dealkylation sites (tertiary alicyclic amines) is 1. The van der Waals surface area contributed by atoms with Gasteiger partial charge in [0.15, 0.2) is 0 Å². The van der Waals surface area contributed by atoms with Gasteiger partial charge in [-0.15, -0.1) is 0 Å². The maximum atomic E-state index is 13.5. The summed E-state index contributed by atoms with van der Waals surface area (Å²) in [5.74, 6) is -0.210. The quantitative estimate of drug-likeness (QED) is 0.725. The number of nitrogens with zero attached hydrogens (tertiary/aromatic N) is 3. The average Bonchev–Trinajstić information content (AvgIpc) is 2.98. The molecule has 4 rings (SSSR count). The highest BCUT2D eigenvalue weighted by Crippen LogP contribution is 2.19. The summed E-state index contributed by atoms with van der Waals surface area (Å²) >= 11 is 0. The van der Waals surface area contributed by atoms with Crippen molar-refractivity contribution in [2.24, 2.45) is 0 Å². The van der Waals surface area contributed by atoms with Crippen LogP contribution in [0, 0.1) is 5.82 Å². The molecule has 0 saturated carbocycles. The number of halogens is 1. The second-order valence-corrected chi connectivity index (χ2v) is 5.81. The Bertz CT molecular complexity index is 814. The second-order valence-electron chi connectivity index (χ2n) is 5.81. The zero-order valence-corrected chi connectivity index (χ0v) is 12.5. The summed E-state index contributed by atoms with van der Waals surface area (Å²) in [5.41, 5.74) is 3.31. The van der Waals surface area contributed by atoms with Gasteiger partial charge in [-0.3, -0.25) is 4.90 Å². The molecule has 0 unspecified atom stereocenters. The van der Waals surface area contributed by atoms with E-state index in [1.165, 1.54) is 11.6 Å². The van der Waals surface area contributed by atoms with E-state index < -0.39 is 0 Å². The van der Waals surface area contributed by atoms with Crippen molar-refractivity contribution >= 4 is 11.0 Å². The monoisotopic (exact) mass is 313 g/mol. The molecular weight excluding hydrogens is 297 g/mol.